The van der Waals surface area contributed by atoms with Gasteiger partial charge in [0.15, 0.2) is 0 Å². The number of aromatic nitrogens is 1. The minimum absolute atomic E-state index is 0.242. The van der Waals surface area contributed by atoms with E-state index < -0.39 is 0 Å². The van der Waals surface area contributed by atoms with Crippen LogP contribution in [0.1, 0.15) is 25.0 Å². The van der Waals surface area contributed by atoms with Crippen molar-refractivity contribution in [2.45, 2.75) is 19.3 Å². The van der Waals surface area contributed by atoms with Crippen LogP contribution in [0.2, 0.25) is 0 Å². The third-order valence-electron chi connectivity index (χ3n) is 13.9. The van der Waals surface area contributed by atoms with Crippen molar-refractivity contribution in [2.75, 3.05) is 0 Å². The summed E-state index contributed by atoms with van der Waals surface area (Å²) in [6.45, 7) is 4.86. The molecule has 62 heavy (non-hydrogen) atoms. The van der Waals surface area contributed by atoms with E-state index in [0.717, 1.165) is 0 Å². The molecule has 0 radical (unpaired) electrons. The Morgan fingerprint density at radius 3 is 1.52 bits per heavy atom. The summed E-state index contributed by atoms with van der Waals surface area (Å²) in [4.78, 5) is 0. The van der Waals surface area contributed by atoms with Gasteiger partial charge in [-0.3, -0.25) is 0 Å². The maximum atomic E-state index is 2.57. The number of benzene rings is 11. The molecule has 0 bridgehead atoms. The van der Waals surface area contributed by atoms with E-state index in [9.17, 15) is 0 Å². The Kier molecular flexibility index (Phi) is 7.42. The molecule has 1 heteroatoms. The summed E-state index contributed by atoms with van der Waals surface area (Å²) >= 11 is 0. The molecule has 0 atom stereocenters. The van der Waals surface area contributed by atoms with Crippen LogP contribution in [0.3, 0.4) is 0 Å². The number of rotatable bonds is 4. The van der Waals surface area contributed by atoms with Crippen molar-refractivity contribution in [2.24, 2.45) is 0 Å². The van der Waals surface area contributed by atoms with Gasteiger partial charge >= 0.3 is 0 Å². The number of fused-ring (bicyclic) bond motifs is 10. The fourth-order valence-corrected chi connectivity index (χ4v) is 10.9. The smallest absolute Gasteiger partial charge is 0.0547 e. The molecule has 1 heterocycles. The van der Waals surface area contributed by atoms with Crippen molar-refractivity contribution in [3.63, 3.8) is 0 Å². The van der Waals surface area contributed by atoms with Crippen molar-refractivity contribution < 1.29 is 0 Å². The van der Waals surface area contributed by atoms with Crippen LogP contribution >= 0.6 is 0 Å². The van der Waals surface area contributed by atoms with Crippen molar-refractivity contribution in [3.05, 3.63) is 223 Å². The van der Waals surface area contributed by atoms with Crippen LogP contribution in [-0.4, -0.2) is 4.57 Å². The van der Waals surface area contributed by atoms with Gasteiger partial charge in [-0.2, -0.15) is 0 Å². The third-order valence-corrected chi connectivity index (χ3v) is 13.9. The van der Waals surface area contributed by atoms with Gasteiger partial charge < -0.3 is 4.57 Å². The lowest BCUT2D eigenvalue weighted by Crippen LogP contribution is -2.15. The molecular formula is C61H41N. The molecule has 0 saturated carbocycles. The Bertz CT molecular complexity index is 3810. The summed E-state index contributed by atoms with van der Waals surface area (Å²) in [5, 5.41) is 12.6. The van der Waals surface area contributed by atoms with Crippen LogP contribution in [0.15, 0.2) is 212 Å². The van der Waals surface area contributed by atoms with E-state index in [1.165, 1.54) is 126 Å². The predicted octanol–water partition coefficient (Wildman–Crippen LogP) is 16.7. The van der Waals surface area contributed by atoms with Gasteiger partial charge in [0, 0.05) is 21.9 Å². The van der Waals surface area contributed by atoms with Crippen LogP contribution in [0.25, 0.3) is 115 Å². The SMILES string of the molecule is CC1(C)c2cc3c(-c4ccc5ccccc5c4)c4cc(-c5ccccc5)ccc4c(-c4ccc5ccccc5c4)c3cc2-c2cc3c(cc21)c1ccccc1n3-c1ccccc1. The number of hydrogen-bond acceptors (Lipinski definition) is 0. The highest BCUT2D eigenvalue weighted by Gasteiger charge is 2.37. The lowest BCUT2D eigenvalue weighted by molar-refractivity contribution is 0.662. The number of nitrogens with zero attached hydrogens (tertiary/aromatic N) is 1. The normalized spacial score (nSPS) is 13.1. The average molecular weight is 788 g/mol. The van der Waals surface area contributed by atoms with Crippen LogP contribution in [0.5, 0.6) is 0 Å². The van der Waals surface area contributed by atoms with Gasteiger partial charge in [0.1, 0.15) is 0 Å². The summed E-state index contributed by atoms with van der Waals surface area (Å²) in [6.07, 6.45) is 0. The Hall–Kier alpha value is -7.74. The van der Waals surface area contributed by atoms with Crippen molar-refractivity contribution in [1.82, 2.24) is 4.57 Å². The molecule has 0 aliphatic heterocycles. The molecule has 0 fully saturated rings. The summed E-state index contributed by atoms with van der Waals surface area (Å²) in [6, 6.07) is 79.4. The van der Waals surface area contributed by atoms with Crippen molar-refractivity contribution >= 4 is 64.9 Å². The lowest BCUT2D eigenvalue weighted by atomic mass is 9.79. The zero-order valence-corrected chi connectivity index (χ0v) is 34.7. The van der Waals surface area contributed by atoms with E-state index in [2.05, 4.69) is 231 Å². The van der Waals surface area contributed by atoms with E-state index in [1.54, 1.807) is 0 Å². The van der Waals surface area contributed by atoms with Crippen molar-refractivity contribution in [3.8, 4) is 50.2 Å². The lowest BCUT2D eigenvalue weighted by Gasteiger charge is -2.24. The second-order valence-corrected chi connectivity index (χ2v) is 17.7. The molecule has 1 aliphatic rings. The maximum absolute atomic E-state index is 2.57. The van der Waals surface area contributed by atoms with Crippen LogP contribution in [0.4, 0.5) is 0 Å². The monoisotopic (exact) mass is 787 g/mol. The van der Waals surface area contributed by atoms with E-state index in [-0.39, 0.29) is 5.41 Å². The van der Waals surface area contributed by atoms with E-state index >= 15 is 0 Å². The Morgan fingerprint density at radius 1 is 0.306 bits per heavy atom. The summed E-state index contributed by atoms with van der Waals surface area (Å²) in [5.74, 6) is 0. The van der Waals surface area contributed by atoms with Gasteiger partial charge in [-0.25, -0.2) is 0 Å². The second kappa shape index (κ2) is 13.1. The quantitative estimate of drug-likeness (QED) is 0.157. The molecular weight excluding hydrogens is 747 g/mol. The first-order valence-electron chi connectivity index (χ1n) is 21.7. The summed E-state index contributed by atoms with van der Waals surface area (Å²) in [7, 11) is 0. The van der Waals surface area contributed by atoms with Gasteiger partial charge in [-0.15, -0.1) is 0 Å². The Balaban J connectivity index is 1.18. The highest BCUT2D eigenvalue weighted by molar-refractivity contribution is 6.24. The van der Waals surface area contributed by atoms with E-state index in [1.807, 2.05) is 0 Å². The first-order valence-corrected chi connectivity index (χ1v) is 21.7. The molecule has 0 saturated heterocycles. The topological polar surface area (TPSA) is 4.93 Å². The standard InChI is InChI=1S/C61H41N/c1-61(2)55-35-51-47-23-13-14-24-57(47)62(46-21-7-4-8-22-46)58(51)37-50(55)49-34-53-54(36-56(49)61)60(45-28-26-40-18-10-12-20-42(40)32-45)52-33-43(38-15-5-3-6-16-38)29-30-48(52)59(53)44-27-25-39-17-9-11-19-41(39)31-44/h3-37H,1-2H3. The highest BCUT2D eigenvalue weighted by Crippen LogP contribution is 2.55. The molecule has 13 rings (SSSR count). The number of hydrogen-bond donors (Lipinski definition) is 0. The Labute approximate surface area is 360 Å². The first kappa shape index (κ1) is 35.1. The first-order chi connectivity index (χ1) is 30.5. The highest BCUT2D eigenvalue weighted by atomic mass is 15.0. The molecule has 290 valence electrons. The van der Waals surface area contributed by atoms with Crippen molar-refractivity contribution in [1.29, 1.82) is 0 Å². The maximum Gasteiger partial charge on any atom is 0.0547 e. The second-order valence-electron chi connectivity index (χ2n) is 17.7. The van der Waals surface area contributed by atoms with E-state index in [0.29, 0.717) is 0 Å². The van der Waals surface area contributed by atoms with Gasteiger partial charge in [-0.1, -0.05) is 166 Å². The van der Waals surface area contributed by atoms with E-state index in [4.69, 9.17) is 0 Å². The molecule has 0 amide bonds. The fourth-order valence-electron chi connectivity index (χ4n) is 10.9. The zero-order chi connectivity index (χ0) is 41.1. The number of para-hydroxylation sites is 2. The van der Waals surface area contributed by atoms with Crippen LogP contribution in [-0.2, 0) is 5.41 Å². The molecule has 12 aromatic rings. The van der Waals surface area contributed by atoms with Gasteiger partial charge in [0.25, 0.3) is 0 Å². The molecule has 11 aromatic carbocycles. The Morgan fingerprint density at radius 2 is 0.823 bits per heavy atom. The van der Waals surface area contributed by atoms with Crippen LogP contribution < -0.4 is 0 Å². The molecule has 1 aliphatic carbocycles. The minimum Gasteiger partial charge on any atom is -0.309 e. The third kappa shape index (κ3) is 5.09. The minimum atomic E-state index is -0.242. The molecule has 0 spiro atoms. The molecule has 0 unspecified atom stereocenters. The predicted molar refractivity (Wildman–Crippen MR) is 265 cm³/mol. The summed E-state index contributed by atoms with van der Waals surface area (Å²) in [5.41, 5.74) is 16.2. The van der Waals surface area contributed by atoms with Gasteiger partial charge in [0.05, 0.1) is 11.0 Å². The van der Waals surface area contributed by atoms with Gasteiger partial charge in [-0.05, 0) is 159 Å². The van der Waals surface area contributed by atoms with Crippen LogP contribution in [0, 0.1) is 0 Å². The largest absolute Gasteiger partial charge is 0.309 e. The molecule has 1 nitrogen and oxygen atoms in total. The average Bonchev–Trinajstić information content (AvgIpc) is 3.76. The molecule has 0 N–H and O–H groups in total. The zero-order valence-electron chi connectivity index (χ0n) is 34.7. The van der Waals surface area contributed by atoms with Gasteiger partial charge in [0.2, 0.25) is 0 Å². The molecule has 1 aromatic heterocycles. The fraction of sp³-hybridized carbons (Fsp3) is 0.0492. The summed E-state index contributed by atoms with van der Waals surface area (Å²) < 4.78 is 2.45.